The predicted molar refractivity (Wildman–Crippen MR) is 69.8 cm³/mol. The van der Waals surface area contributed by atoms with Crippen LogP contribution < -0.4 is 0 Å². The van der Waals surface area contributed by atoms with Crippen molar-refractivity contribution in [3.05, 3.63) is 0 Å². The van der Waals surface area contributed by atoms with E-state index in [-0.39, 0.29) is 0 Å². The molecule has 3 aliphatic rings. The Balaban J connectivity index is 1.42. The first-order valence-corrected chi connectivity index (χ1v) is 7.72. The van der Waals surface area contributed by atoms with Crippen molar-refractivity contribution in [3.63, 3.8) is 0 Å². The molecule has 0 N–H and O–H groups in total. The molecule has 0 unspecified atom stereocenters. The number of carbonyl (C=O) groups excluding carboxylic acids is 1. The number of ketones is 1. The van der Waals surface area contributed by atoms with Crippen LogP contribution in [0.1, 0.15) is 71.1 Å². The van der Waals surface area contributed by atoms with Gasteiger partial charge in [-0.05, 0) is 48.9 Å². The van der Waals surface area contributed by atoms with Gasteiger partial charge in [0.25, 0.3) is 0 Å². The van der Waals surface area contributed by atoms with E-state index in [0.29, 0.717) is 11.2 Å². The third kappa shape index (κ3) is 2.18. The molecule has 17 heavy (non-hydrogen) atoms. The highest BCUT2D eigenvalue weighted by molar-refractivity contribution is 5.86. The summed E-state index contributed by atoms with van der Waals surface area (Å²) >= 11 is 0. The van der Waals surface area contributed by atoms with Gasteiger partial charge in [0.1, 0.15) is 5.78 Å². The molecule has 3 aliphatic carbocycles. The molecule has 0 aromatic carbocycles. The highest BCUT2D eigenvalue weighted by Crippen LogP contribution is 2.60. The van der Waals surface area contributed by atoms with Crippen LogP contribution in [-0.4, -0.2) is 5.78 Å². The van der Waals surface area contributed by atoms with E-state index in [0.717, 1.165) is 30.6 Å². The van der Waals surface area contributed by atoms with Gasteiger partial charge in [0.2, 0.25) is 0 Å². The summed E-state index contributed by atoms with van der Waals surface area (Å²) in [5.74, 6) is 3.57. The van der Waals surface area contributed by atoms with Crippen LogP contribution in [0.15, 0.2) is 0 Å². The van der Waals surface area contributed by atoms with Gasteiger partial charge in [-0.15, -0.1) is 0 Å². The molecule has 0 bridgehead atoms. The zero-order chi connectivity index (χ0) is 11.9. The highest BCUT2D eigenvalue weighted by atomic mass is 16.1. The normalized spacial score (nSPS) is 36.6. The van der Waals surface area contributed by atoms with Crippen molar-refractivity contribution < 1.29 is 4.79 Å². The molecule has 0 aliphatic heterocycles. The van der Waals surface area contributed by atoms with Crippen LogP contribution in [0.5, 0.6) is 0 Å². The first-order chi connectivity index (χ1) is 8.21. The number of carbonyl (C=O) groups is 1. The minimum atomic E-state index is 0.523. The molecule has 0 aromatic rings. The van der Waals surface area contributed by atoms with Gasteiger partial charge < -0.3 is 0 Å². The van der Waals surface area contributed by atoms with Crippen molar-refractivity contribution in [2.75, 3.05) is 0 Å². The fraction of sp³-hybridized carbons (Fsp3) is 0.938. The van der Waals surface area contributed by atoms with Gasteiger partial charge in [0.15, 0.2) is 0 Å². The Morgan fingerprint density at radius 2 is 1.71 bits per heavy atom. The lowest BCUT2D eigenvalue weighted by molar-refractivity contribution is -0.145. The maximum atomic E-state index is 11.1. The molecule has 3 saturated carbocycles. The molecule has 0 heterocycles. The lowest BCUT2D eigenvalue weighted by atomic mass is 9.48. The highest BCUT2D eigenvalue weighted by Gasteiger charge is 2.54. The molecule has 96 valence electrons. The van der Waals surface area contributed by atoms with Gasteiger partial charge in [0.05, 0.1) is 0 Å². The van der Waals surface area contributed by atoms with Gasteiger partial charge in [-0.3, -0.25) is 4.79 Å². The third-order valence-corrected chi connectivity index (χ3v) is 5.79. The predicted octanol–water partition coefficient (Wildman–Crippen LogP) is 4.35. The Hall–Kier alpha value is -0.330. The Bertz CT molecular complexity index is 283. The minimum Gasteiger partial charge on any atom is -0.300 e. The van der Waals surface area contributed by atoms with E-state index in [1.165, 1.54) is 51.4 Å². The van der Waals surface area contributed by atoms with Crippen molar-refractivity contribution in [1.29, 1.82) is 0 Å². The summed E-state index contributed by atoms with van der Waals surface area (Å²) < 4.78 is 0. The van der Waals surface area contributed by atoms with Crippen LogP contribution in [0.25, 0.3) is 0 Å². The van der Waals surface area contributed by atoms with E-state index in [1.807, 2.05) is 0 Å². The molecule has 0 saturated heterocycles. The largest absolute Gasteiger partial charge is 0.300 e. The van der Waals surface area contributed by atoms with E-state index >= 15 is 0 Å². The molecule has 1 nitrogen and oxygen atoms in total. The summed E-state index contributed by atoms with van der Waals surface area (Å²) in [4.78, 5) is 11.1. The summed E-state index contributed by atoms with van der Waals surface area (Å²) in [5.41, 5.74) is 0.530. The van der Waals surface area contributed by atoms with Crippen LogP contribution in [0, 0.1) is 23.2 Å². The number of hydrogen-bond donors (Lipinski definition) is 0. The molecule has 1 spiro atoms. The Labute approximate surface area is 105 Å². The van der Waals surface area contributed by atoms with Crippen LogP contribution in [0.2, 0.25) is 0 Å². The van der Waals surface area contributed by atoms with E-state index in [9.17, 15) is 4.79 Å². The summed E-state index contributed by atoms with van der Waals surface area (Å²) in [6, 6.07) is 0. The molecule has 0 radical (unpaired) electrons. The first-order valence-electron chi connectivity index (χ1n) is 7.72. The molecule has 1 heteroatoms. The third-order valence-electron chi connectivity index (χ3n) is 5.79. The maximum absolute atomic E-state index is 11.1. The van der Waals surface area contributed by atoms with Crippen LogP contribution in [0.3, 0.4) is 0 Å². The number of hydrogen-bond acceptors (Lipinski definition) is 1. The van der Waals surface area contributed by atoms with E-state index < -0.39 is 0 Å². The lowest BCUT2D eigenvalue weighted by Crippen LogP contribution is -2.50. The molecule has 0 aromatic heterocycles. The SMILES string of the molecule is CCCC1CCC(C2CC3(CC(=O)C3)C2)CC1. The monoisotopic (exact) mass is 234 g/mol. The second kappa shape index (κ2) is 4.40. The second-order valence-electron chi connectivity index (χ2n) is 7.13. The van der Waals surface area contributed by atoms with Crippen molar-refractivity contribution in [3.8, 4) is 0 Å². The summed E-state index contributed by atoms with van der Waals surface area (Å²) in [7, 11) is 0. The lowest BCUT2D eigenvalue weighted by Gasteiger charge is -2.56. The van der Waals surface area contributed by atoms with Crippen LogP contribution in [-0.2, 0) is 4.79 Å². The quantitative estimate of drug-likeness (QED) is 0.709. The van der Waals surface area contributed by atoms with Crippen LogP contribution in [0.4, 0.5) is 0 Å². The van der Waals surface area contributed by atoms with Crippen molar-refractivity contribution in [1.82, 2.24) is 0 Å². The van der Waals surface area contributed by atoms with Gasteiger partial charge in [0, 0.05) is 12.8 Å². The van der Waals surface area contributed by atoms with Gasteiger partial charge in [-0.1, -0.05) is 32.6 Å². The van der Waals surface area contributed by atoms with Gasteiger partial charge in [-0.2, -0.15) is 0 Å². The maximum Gasteiger partial charge on any atom is 0.134 e. The summed E-state index contributed by atoms with van der Waals surface area (Å²) in [6.07, 6.45) is 13.4. The Morgan fingerprint density at radius 3 is 2.24 bits per heavy atom. The van der Waals surface area contributed by atoms with E-state index in [1.54, 1.807) is 0 Å². The molecule has 3 fully saturated rings. The molecule has 0 amide bonds. The standard InChI is InChI=1S/C16H26O/c1-2-3-12-4-6-13(7-5-12)14-8-16(9-14)10-15(17)11-16/h12-14H,2-11H2,1H3. The van der Waals surface area contributed by atoms with E-state index in [4.69, 9.17) is 0 Å². The van der Waals surface area contributed by atoms with Crippen molar-refractivity contribution in [2.45, 2.75) is 71.1 Å². The summed E-state index contributed by atoms with van der Waals surface area (Å²) in [5, 5.41) is 0. The second-order valence-corrected chi connectivity index (χ2v) is 7.13. The Kier molecular flexibility index (Phi) is 3.04. The average molecular weight is 234 g/mol. The molecule has 3 rings (SSSR count). The summed E-state index contributed by atoms with van der Waals surface area (Å²) in [6.45, 7) is 2.31. The number of Topliss-reactive ketones (excluding diaryl/α,β-unsaturated/α-hetero) is 1. The fourth-order valence-electron chi connectivity index (χ4n) is 4.82. The van der Waals surface area contributed by atoms with Gasteiger partial charge >= 0.3 is 0 Å². The van der Waals surface area contributed by atoms with Crippen molar-refractivity contribution in [2.24, 2.45) is 23.2 Å². The zero-order valence-corrected chi connectivity index (χ0v) is 11.2. The minimum absolute atomic E-state index is 0.523. The molecular formula is C16H26O. The smallest absolute Gasteiger partial charge is 0.134 e. The van der Waals surface area contributed by atoms with Crippen LogP contribution >= 0.6 is 0 Å². The average Bonchev–Trinajstić information content (AvgIpc) is 2.23. The zero-order valence-electron chi connectivity index (χ0n) is 11.2. The van der Waals surface area contributed by atoms with Gasteiger partial charge in [-0.25, -0.2) is 0 Å². The Morgan fingerprint density at radius 1 is 1.06 bits per heavy atom. The molecular weight excluding hydrogens is 208 g/mol. The number of rotatable bonds is 3. The molecule has 0 atom stereocenters. The fourth-order valence-corrected chi connectivity index (χ4v) is 4.82. The topological polar surface area (TPSA) is 17.1 Å². The first kappa shape index (κ1) is 11.7. The van der Waals surface area contributed by atoms with E-state index in [2.05, 4.69) is 6.92 Å². The van der Waals surface area contributed by atoms with Crippen molar-refractivity contribution >= 4 is 5.78 Å².